The van der Waals surface area contributed by atoms with Crippen molar-refractivity contribution in [1.29, 1.82) is 0 Å². The van der Waals surface area contributed by atoms with Gasteiger partial charge in [0.15, 0.2) is 0 Å². The van der Waals surface area contributed by atoms with Crippen LogP contribution in [0, 0.1) is 0 Å². The van der Waals surface area contributed by atoms with Crippen LogP contribution in [0.3, 0.4) is 0 Å². The van der Waals surface area contributed by atoms with Gasteiger partial charge in [0, 0.05) is 24.3 Å². The molecule has 0 atom stereocenters. The number of hydrogen-bond acceptors (Lipinski definition) is 5. The first-order valence-electron chi connectivity index (χ1n) is 1.58. The van der Waals surface area contributed by atoms with E-state index in [1.165, 1.54) is 0 Å². The molecule has 0 aromatic carbocycles. The predicted octanol–water partition coefficient (Wildman–Crippen LogP) is -0.671. The van der Waals surface area contributed by atoms with Crippen molar-refractivity contribution in [3.8, 4) is 0 Å². The fraction of sp³-hybridized carbons (Fsp3) is 0. The van der Waals surface area contributed by atoms with E-state index in [0.717, 1.165) is 24.3 Å². The van der Waals surface area contributed by atoms with Crippen LogP contribution in [-0.2, 0) is 0 Å². The molecule has 0 saturated heterocycles. The van der Waals surface area contributed by atoms with Crippen molar-refractivity contribution in [2.45, 2.75) is 0 Å². The molecule has 8 heavy (non-hydrogen) atoms. The topological polar surface area (TPSA) is 93.2 Å². The van der Waals surface area contributed by atoms with Gasteiger partial charge in [-0.3, -0.25) is 19.7 Å². The minimum Gasteiger partial charge on any atom is -0.268 e. The standard InChI is InChI=1S/CH6N4OS2/c2-7-4-1(6)5-8-3/h2-3H2,(H2,4,5,6). The van der Waals surface area contributed by atoms with Crippen LogP contribution in [0.15, 0.2) is 0 Å². The number of urea groups is 1. The minimum atomic E-state index is -0.412. The third-order valence-corrected chi connectivity index (χ3v) is 0.910. The van der Waals surface area contributed by atoms with Crippen LogP contribution in [0.4, 0.5) is 4.79 Å². The average Bonchev–Trinajstić information content (AvgIpc) is 1.68. The lowest BCUT2D eigenvalue weighted by molar-refractivity contribution is 0.252. The summed E-state index contributed by atoms with van der Waals surface area (Å²) in [6.45, 7) is 0. The molecule has 0 spiro atoms. The van der Waals surface area contributed by atoms with Gasteiger partial charge in [0.25, 0.3) is 0 Å². The lowest BCUT2D eigenvalue weighted by Crippen LogP contribution is -2.28. The Labute approximate surface area is 55.5 Å². The highest BCUT2D eigenvalue weighted by molar-refractivity contribution is 7.96. The lowest BCUT2D eigenvalue weighted by Gasteiger charge is -1.97. The zero-order chi connectivity index (χ0) is 6.41. The molecule has 7 heteroatoms. The van der Waals surface area contributed by atoms with Crippen molar-refractivity contribution >= 4 is 30.3 Å². The van der Waals surface area contributed by atoms with E-state index < -0.39 is 6.03 Å². The van der Waals surface area contributed by atoms with E-state index in [4.69, 9.17) is 10.3 Å². The Balaban J connectivity index is 3.06. The number of carbonyl (C=O) groups is 1. The van der Waals surface area contributed by atoms with E-state index in [2.05, 4.69) is 9.44 Å². The van der Waals surface area contributed by atoms with E-state index >= 15 is 0 Å². The van der Waals surface area contributed by atoms with Gasteiger partial charge in [-0.1, -0.05) is 0 Å². The Morgan fingerprint density at radius 3 is 1.88 bits per heavy atom. The van der Waals surface area contributed by atoms with Gasteiger partial charge in [0.05, 0.1) is 0 Å². The van der Waals surface area contributed by atoms with Crippen molar-refractivity contribution in [2.24, 2.45) is 10.3 Å². The molecule has 0 rings (SSSR count). The van der Waals surface area contributed by atoms with Gasteiger partial charge in [-0.15, -0.1) is 0 Å². The Bertz CT molecular complexity index is 68.4. The van der Waals surface area contributed by atoms with Crippen molar-refractivity contribution in [2.75, 3.05) is 0 Å². The van der Waals surface area contributed by atoms with E-state index in [9.17, 15) is 4.79 Å². The van der Waals surface area contributed by atoms with Gasteiger partial charge in [0.2, 0.25) is 0 Å². The lowest BCUT2D eigenvalue weighted by atomic mass is 11.2. The molecule has 0 heterocycles. The van der Waals surface area contributed by atoms with Gasteiger partial charge in [-0.2, -0.15) is 0 Å². The molecule has 0 aromatic rings. The van der Waals surface area contributed by atoms with Crippen molar-refractivity contribution in [3.05, 3.63) is 0 Å². The van der Waals surface area contributed by atoms with Gasteiger partial charge in [-0.25, -0.2) is 4.79 Å². The van der Waals surface area contributed by atoms with Gasteiger partial charge in [-0.05, 0) is 0 Å². The molecule has 0 fully saturated rings. The Morgan fingerprint density at radius 1 is 1.25 bits per heavy atom. The minimum absolute atomic E-state index is 0.412. The van der Waals surface area contributed by atoms with Crippen molar-refractivity contribution in [3.63, 3.8) is 0 Å². The molecular formula is CH6N4OS2. The zero-order valence-electron chi connectivity index (χ0n) is 3.88. The van der Waals surface area contributed by atoms with Crippen LogP contribution in [0.5, 0.6) is 0 Å². The summed E-state index contributed by atoms with van der Waals surface area (Å²) in [6, 6.07) is -0.412. The molecular weight excluding hydrogens is 148 g/mol. The summed E-state index contributed by atoms with van der Waals surface area (Å²) in [6.07, 6.45) is 0. The number of nitrogens with one attached hydrogen (secondary N) is 2. The van der Waals surface area contributed by atoms with Crippen molar-refractivity contribution < 1.29 is 4.79 Å². The maximum Gasteiger partial charge on any atom is 0.336 e. The van der Waals surface area contributed by atoms with Gasteiger partial charge >= 0.3 is 6.03 Å². The Morgan fingerprint density at radius 2 is 1.62 bits per heavy atom. The van der Waals surface area contributed by atoms with Crippen LogP contribution >= 0.6 is 24.3 Å². The molecule has 0 aromatic heterocycles. The summed E-state index contributed by atoms with van der Waals surface area (Å²) in [5, 5.41) is 9.71. The molecule has 0 aliphatic rings. The molecule has 0 unspecified atom stereocenters. The summed E-state index contributed by atoms with van der Waals surface area (Å²) in [7, 11) is 0. The Kier molecular flexibility index (Phi) is 4.97. The van der Waals surface area contributed by atoms with E-state index in [1.807, 2.05) is 0 Å². The molecule has 2 amide bonds. The normalized spacial score (nSPS) is 8.25. The monoisotopic (exact) mass is 154 g/mol. The largest absolute Gasteiger partial charge is 0.336 e. The van der Waals surface area contributed by atoms with E-state index in [0.29, 0.717) is 0 Å². The molecule has 0 aliphatic carbocycles. The average molecular weight is 154 g/mol. The smallest absolute Gasteiger partial charge is 0.268 e. The molecule has 0 radical (unpaired) electrons. The van der Waals surface area contributed by atoms with Crippen LogP contribution in [0.25, 0.3) is 0 Å². The number of hydrogen-bond donors (Lipinski definition) is 4. The maximum absolute atomic E-state index is 10.2. The second-order valence-electron chi connectivity index (χ2n) is 0.769. The third-order valence-electron chi connectivity index (χ3n) is 0.303. The van der Waals surface area contributed by atoms with Crippen LogP contribution in [0.1, 0.15) is 0 Å². The van der Waals surface area contributed by atoms with E-state index in [-0.39, 0.29) is 0 Å². The fourth-order valence-electron chi connectivity index (χ4n) is 0.128. The molecule has 0 bridgehead atoms. The highest BCUT2D eigenvalue weighted by Crippen LogP contribution is 1.78. The highest BCUT2D eigenvalue weighted by Gasteiger charge is 1.92. The van der Waals surface area contributed by atoms with Gasteiger partial charge < -0.3 is 0 Å². The van der Waals surface area contributed by atoms with Gasteiger partial charge in [0.1, 0.15) is 0 Å². The molecule has 5 nitrogen and oxygen atoms in total. The summed E-state index contributed by atoms with van der Waals surface area (Å²) >= 11 is 1.44. The third kappa shape index (κ3) is 4.06. The first-order chi connectivity index (χ1) is 3.81. The number of nitrogens with two attached hydrogens (primary N) is 2. The maximum atomic E-state index is 10.2. The summed E-state index contributed by atoms with van der Waals surface area (Å²) < 4.78 is 4.38. The van der Waals surface area contributed by atoms with Crippen LogP contribution in [-0.4, -0.2) is 6.03 Å². The molecule has 48 valence electrons. The van der Waals surface area contributed by atoms with Crippen LogP contribution in [0.2, 0.25) is 0 Å². The Hall–Kier alpha value is -0.110. The number of rotatable bonds is 2. The molecule has 0 aliphatic heterocycles. The summed E-state index contributed by atoms with van der Waals surface area (Å²) in [5.41, 5.74) is 0. The highest BCUT2D eigenvalue weighted by atomic mass is 32.2. The van der Waals surface area contributed by atoms with E-state index in [1.54, 1.807) is 0 Å². The molecule has 0 saturated carbocycles. The van der Waals surface area contributed by atoms with Crippen LogP contribution < -0.4 is 19.7 Å². The second kappa shape index (κ2) is 5.04. The first-order valence-corrected chi connectivity index (χ1v) is 3.34. The quantitative estimate of drug-likeness (QED) is 0.396. The number of amides is 2. The SMILES string of the molecule is NSNC(=O)NSN. The summed E-state index contributed by atoms with van der Waals surface area (Å²) in [5.74, 6) is 0. The number of carbonyl (C=O) groups excluding carboxylic acids is 1. The summed E-state index contributed by atoms with van der Waals surface area (Å²) in [4.78, 5) is 10.2. The second-order valence-corrected chi connectivity index (χ2v) is 1.65. The zero-order valence-corrected chi connectivity index (χ0v) is 5.51. The fourth-order valence-corrected chi connectivity index (χ4v) is 0.509. The first kappa shape index (κ1) is 7.89. The molecule has 6 N–H and O–H groups in total. The van der Waals surface area contributed by atoms with Crippen molar-refractivity contribution in [1.82, 2.24) is 9.44 Å². The predicted molar refractivity (Wildman–Crippen MR) is 35.2 cm³/mol.